The molecule has 2 aromatic carbocycles. The van der Waals surface area contributed by atoms with Crippen molar-refractivity contribution >= 4 is 23.4 Å². The van der Waals surface area contributed by atoms with Gasteiger partial charge in [-0.2, -0.15) is 9.78 Å². The third-order valence-electron chi connectivity index (χ3n) is 6.17. The molecule has 0 aliphatic carbocycles. The Bertz CT molecular complexity index is 1310. The summed E-state index contributed by atoms with van der Waals surface area (Å²) in [5.74, 6) is -0.0165. The van der Waals surface area contributed by atoms with Crippen LogP contribution in [0.25, 0.3) is 0 Å². The maximum atomic E-state index is 12.9. The van der Waals surface area contributed by atoms with Gasteiger partial charge in [0.25, 0.3) is 5.91 Å². The Morgan fingerprint density at radius 1 is 1.05 bits per heavy atom. The molecule has 3 rings (SSSR count). The second-order valence-corrected chi connectivity index (χ2v) is 11.2. The lowest BCUT2D eigenvalue weighted by Gasteiger charge is -2.28. The van der Waals surface area contributed by atoms with E-state index in [9.17, 15) is 19.8 Å². The number of nitrogens with one attached hydrogen (secondary N) is 2. The number of nitrogens with zero attached hydrogens (tertiary/aromatic N) is 2. The second-order valence-electron chi connectivity index (χ2n) is 11.2. The summed E-state index contributed by atoms with van der Waals surface area (Å²) in [7, 11) is 0. The summed E-state index contributed by atoms with van der Waals surface area (Å²) in [4.78, 5) is 24.1. The summed E-state index contributed by atoms with van der Waals surface area (Å²) in [6.45, 7) is 10.3. The standard InChI is InChI=1S/C28H38N6O4/c1-27(2,3)23-14-24(29)34(33-23)25(37)12-17-7-6-8-18(11-17)15-28(4,5)31-16-22(36)19-9-10-21(35)20(13-19)32-26(30)38/h6-11,13-14,22,31,35-36H,12,15-16,29H2,1-5H3,(H3,30,32,38). The molecule has 10 nitrogen and oxygen atoms in total. The molecule has 0 aliphatic heterocycles. The van der Waals surface area contributed by atoms with Crippen LogP contribution in [-0.4, -0.2) is 44.0 Å². The maximum Gasteiger partial charge on any atom is 0.316 e. The molecule has 0 saturated carbocycles. The zero-order chi connectivity index (χ0) is 28.3. The quantitative estimate of drug-likeness (QED) is 0.234. The highest BCUT2D eigenvalue weighted by Gasteiger charge is 2.23. The molecule has 0 spiro atoms. The number of anilines is 2. The van der Waals surface area contributed by atoms with E-state index in [1.807, 2.05) is 58.9 Å². The van der Waals surface area contributed by atoms with Crippen molar-refractivity contribution in [2.45, 2.75) is 64.5 Å². The van der Waals surface area contributed by atoms with Crippen molar-refractivity contribution in [2.24, 2.45) is 5.73 Å². The number of aliphatic hydroxyl groups excluding tert-OH is 1. The Morgan fingerprint density at radius 2 is 1.74 bits per heavy atom. The number of phenols is 1. The number of nitrogen functional groups attached to an aromatic ring is 1. The Hall–Kier alpha value is -3.89. The molecule has 1 aromatic heterocycles. The first kappa shape index (κ1) is 28.7. The van der Waals surface area contributed by atoms with Crippen LogP contribution in [0, 0.1) is 0 Å². The Balaban J connectivity index is 1.63. The predicted octanol–water partition coefficient (Wildman–Crippen LogP) is 3.49. The van der Waals surface area contributed by atoms with E-state index < -0.39 is 12.1 Å². The fourth-order valence-electron chi connectivity index (χ4n) is 4.12. The highest BCUT2D eigenvalue weighted by molar-refractivity contribution is 5.89. The number of nitrogens with two attached hydrogens (primary N) is 2. The fraction of sp³-hybridized carbons (Fsp3) is 0.393. The molecule has 204 valence electrons. The fourth-order valence-corrected chi connectivity index (χ4v) is 4.12. The van der Waals surface area contributed by atoms with Gasteiger partial charge in [-0.15, -0.1) is 0 Å². The Labute approximate surface area is 223 Å². The van der Waals surface area contributed by atoms with Gasteiger partial charge in [0, 0.05) is 23.6 Å². The minimum absolute atomic E-state index is 0.131. The minimum atomic E-state index is -0.884. The maximum absolute atomic E-state index is 12.9. The van der Waals surface area contributed by atoms with Crippen molar-refractivity contribution in [3.05, 3.63) is 70.9 Å². The van der Waals surface area contributed by atoms with Crippen LogP contribution in [0.2, 0.25) is 0 Å². The lowest BCUT2D eigenvalue weighted by atomic mass is 9.92. The summed E-state index contributed by atoms with van der Waals surface area (Å²) in [5, 5.41) is 30.7. The number of β-amino-alcohol motifs (C(OH)–C–C–N with tert-alkyl or cyclic N) is 1. The Kier molecular flexibility index (Phi) is 8.48. The summed E-state index contributed by atoms with van der Waals surface area (Å²) >= 11 is 0. The lowest BCUT2D eigenvalue weighted by Crippen LogP contribution is -2.43. The number of carbonyl (C=O) groups excluding carboxylic acids is 2. The van der Waals surface area contributed by atoms with Gasteiger partial charge in [-0.05, 0) is 49.1 Å². The molecule has 0 fully saturated rings. The molecule has 8 N–H and O–H groups in total. The zero-order valence-electron chi connectivity index (χ0n) is 22.6. The van der Waals surface area contributed by atoms with Gasteiger partial charge in [0.05, 0.1) is 23.9 Å². The number of hydrogen-bond acceptors (Lipinski definition) is 7. The number of hydrogen-bond donors (Lipinski definition) is 6. The first-order valence-corrected chi connectivity index (χ1v) is 12.4. The SMILES string of the molecule is CC(C)(Cc1cccc(CC(=O)n2nc(C(C)(C)C)cc2N)c1)NCC(O)c1ccc(O)c(NC(N)=O)c1. The molecule has 0 aliphatic rings. The lowest BCUT2D eigenvalue weighted by molar-refractivity contribution is 0.0900. The largest absolute Gasteiger partial charge is 0.506 e. The van der Waals surface area contributed by atoms with Gasteiger partial charge in [0.1, 0.15) is 11.6 Å². The molecule has 0 bridgehead atoms. The number of carbonyl (C=O) groups is 2. The molecule has 1 heterocycles. The van der Waals surface area contributed by atoms with Crippen molar-refractivity contribution in [3.63, 3.8) is 0 Å². The number of urea groups is 1. The minimum Gasteiger partial charge on any atom is -0.506 e. The van der Waals surface area contributed by atoms with E-state index in [2.05, 4.69) is 15.7 Å². The molecule has 1 unspecified atom stereocenters. The van der Waals surface area contributed by atoms with Crippen molar-refractivity contribution in [1.82, 2.24) is 15.1 Å². The molecule has 2 amide bonds. The number of benzene rings is 2. The van der Waals surface area contributed by atoms with Gasteiger partial charge in [0.15, 0.2) is 0 Å². The van der Waals surface area contributed by atoms with Crippen molar-refractivity contribution in [1.29, 1.82) is 0 Å². The second kappa shape index (κ2) is 11.2. The summed E-state index contributed by atoms with van der Waals surface area (Å²) in [6.07, 6.45) is -0.0766. The number of aromatic nitrogens is 2. The predicted molar refractivity (Wildman–Crippen MR) is 148 cm³/mol. The normalized spacial score (nSPS) is 12.8. The van der Waals surface area contributed by atoms with E-state index >= 15 is 0 Å². The van der Waals surface area contributed by atoms with Gasteiger partial charge < -0.3 is 32.3 Å². The summed E-state index contributed by atoms with van der Waals surface area (Å²) in [5.41, 5.74) is 13.9. The highest BCUT2D eigenvalue weighted by Crippen LogP contribution is 2.27. The topological polar surface area (TPSA) is 169 Å². The highest BCUT2D eigenvalue weighted by atomic mass is 16.3. The first-order valence-electron chi connectivity index (χ1n) is 12.4. The number of primary amides is 1. The molecule has 0 radical (unpaired) electrons. The molecule has 1 atom stereocenters. The van der Waals surface area contributed by atoms with Crippen LogP contribution in [0.3, 0.4) is 0 Å². The molecule has 0 saturated heterocycles. The van der Waals surface area contributed by atoms with E-state index in [0.29, 0.717) is 17.8 Å². The van der Waals surface area contributed by atoms with Gasteiger partial charge in [-0.1, -0.05) is 51.1 Å². The van der Waals surface area contributed by atoms with Crippen LogP contribution in [-0.2, 0) is 18.3 Å². The van der Waals surface area contributed by atoms with Crippen LogP contribution in [0.5, 0.6) is 5.75 Å². The number of aromatic hydroxyl groups is 1. The van der Waals surface area contributed by atoms with Crippen molar-refractivity contribution < 1.29 is 19.8 Å². The van der Waals surface area contributed by atoms with E-state index in [1.165, 1.54) is 16.8 Å². The third kappa shape index (κ3) is 7.56. The van der Waals surface area contributed by atoms with E-state index in [-0.39, 0.29) is 41.3 Å². The molecule has 10 heteroatoms. The Morgan fingerprint density at radius 3 is 2.37 bits per heavy atom. The van der Waals surface area contributed by atoms with Crippen LogP contribution in [0.1, 0.15) is 67.9 Å². The summed E-state index contributed by atoms with van der Waals surface area (Å²) in [6, 6.07) is 13.2. The monoisotopic (exact) mass is 522 g/mol. The smallest absolute Gasteiger partial charge is 0.316 e. The molecular formula is C28H38N6O4. The zero-order valence-corrected chi connectivity index (χ0v) is 22.6. The average molecular weight is 523 g/mol. The van der Waals surface area contributed by atoms with Crippen molar-refractivity contribution in [3.8, 4) is 5.75 Å². The van der Waals surface area contributed by atoms with E-state index in [4.69, 9.17) is 11.5 Å². The average Bonchev–Trinajstić information content (AvgIpc) is 3.21. The molecule has 3 aromatic rings. The summed E-state index contributed by atoms with van der Waals surface area (Å²) < 4.78 is 1.27. The molecular weight excluding hydrogens is 484 g/mol. The van der Waals surface area contributed by atoms with E-state index in [0.717, 1.165) is 16.8 Å². The number of aliphatic hydroxyl groups is 1. The van der Waals surface area contributed by atoms with Crippen LogP contribution < -0.4 is 22.1 Å². The van der Waals surface area contributed by atoms with Crippen LogP contribution in [0.4, 0.5) is 16.3 Å². The van der Waals surface area contributed by atoms with E-state index in [1.54, 1.807) is 12.1 Å². The van der Waals surface area contributed by atoms with Crippen LogP contribution >= 0.6 is 0 Å². The first-order chi connectivity index (χ1) is 17.6. The third-order valence-corrected chi connectivity index (χ3v) is 6.17. The number of phenolic OH excluding ortho intramolecular Hbond substituents is 1. The van der Waals surface area contributed by atoms with Crippen molar-refractivity contribution in [2.75, 3.05) is 17.6 Å². The number of amides is 2. The van der Waals surface area contributed by atoms with Crippen LogP contribution in [0.15, 0.2) is 48.5 Å². The van der Waals surface area contributed by atoms with Gasteiger partial charge in [-0.3, -0.25) is 4.79 Å². The molecule has 38 heavy (non-hydrogen) atoms. The van der Waals surface area contributed by atoms with Gasteiger partial charge in [0.2, 0.25) is 0 Å². The van der Waals surface area contributed by atoms with Gasteiger partial charge >= 0.3 is 6.03 Å². The van der Waals surface area contributed by atoms with Gasteiger partial charge in [-0.25, -0.2) is 4.79 Å². The number of rotatable bonds is 9.